The number of aliphatic hydroxyl groups is 1. The van der Waals surface area contributed by atoms with Crippen molar-refractivity contribution in [1.82, 2.24) is 24.3 Å². The van der Waals surface area contributed by atoms with Crippen LogP contribution in [0.5, 0.6) is 11.5 Å². The quantitative estimate of drug-likeness (QED) is 0.442. The maximum atomic E-state index is 12.8. The molecule has 1 N–H and O–H groups in total. The summed E-state index contributed by atoms with van der Waals surface area (Å²) in [5, 5.41) is 17.1. The molecule has 0 radical (unpaired) electrons. The van der Waals surface area contributed by atoms with Gasteiger partial charge in [0.1, 0.15) is 24.7 Å². The monoisotopic (exact) mass is 429 g/mol. The van der Waals surface area contributed by atoms with E-state index in [1.165, 1.54) is 14.6 Å². The molecule has 9 heteroatoms. The van der Waals surface area contributed by atoms with Gasteiger partial charge in [-0.25, -0.2) is 13.9 Å². The number of aromatic nitrogens is 5. The third kappa shape index (κ3) is 3.88. The van der Waals surface area contributed by atoms with Gasteiger partial charge in [-0.3, -0.25) is 0 Å². The van der Waals surface area contributed by atoms with E-state index in [1.807, 2.05) is 61.5 Å². The van der Waals surface area contributed by atoms with Gasteiger partial charge in [-0.05, 0) is 54.4 Å². The number of rotatable bonds is 6. The Balaban J connectivity index is 1.38. The number of fused-ring (bicyclic) bond motifs is 1. The minimum Gasteiger partial charge on any atom is -0.457 e. The number of ether oxygens (including phenoxy) is 1. The van der Waals surface area contributed by atoms with Crippen molar-refractivity contribution >= 4 is 5.65 Å². The van der Waals surface area contributed by atoms with Crippen LogP contribution in [-0.4, -0.2) is 29.4 Å². The molecule has 0 amide bonds. The molecule has 160 valence electrons. The van der Waals surface area contributed by atoms with Crippen LogP contribution in [-0.2, 0) is 13.2 Å². The van der Waals surface area contributed by atoms with Gasteiger partial charge in [0.05, 0.1) is 0 Å². The molecule has 0 saturated heterocycles. The number of hydrogen-bond acceptors (Lipinski definition) is 7. The molecular formula is C23H19N5O4. The summed E-state index contributed by atoms with van der Waals surface area (Å²) in [4.78, 5) is 16.8. The Morgan fingerprint density at radius 2 is 1.66 bits per heavy atom. The molecule has 2 aromatic carbocycles. The lowest BCUT2D eigenvalue weighted by Crippen LogP contribution is -2.22. The highest BCUT2D eigenvalue weighted by Gasteiger charge is 2.12. The Labute approximate surface area is 182 Å². The van der Waals surface area contributed by atoms with Crippen molar-refractivity contribution in [2.24, 2.45) is 0 Å². The van der Waals surface area contributed by atoms with Gasteiger partial charge in [-0.1, -0.05) is 35.0 Å². The lowest BCUT2D eigenvalue weighted by molar-refractivity contribution is 0.222. The fourth-order valence-corrected chi connectivity index (χ4v) is 3.30. The lowest BCUT2D eigenvalue weighted by Gasteiger charge is -2.07. The van der Waals surface area contributed by atoms with Crippen molar-refractivity contribution in [1.29, 1.82) is 0 Å². The maximum absolute atomic E-state index is 12.8. The highest BCUT2D eigenvalue weighted by molar-refractivity contribution is 5.65. The molecule has 3 aromatic heterocycles. The first-order valence-electron chi connectivity index (χ1n) is 9.95. The SMILES string of the molecule is Cc1ccc(Oc2ccc(-c3ccc4nn(Cc5noc(CO)n5)c(=O)n4c3)cc2)cc1. The van der Waals surface area contributed by atoms with E-state index in [2.05, 4.69) is 15.2 Å². The number of aliphatic hydroxyl groups excluding tert-OH is 1. The first-order chi connectivity index (χ1) is 15.6. The fourth-order valence-electron chi connectivity index (χ4n) is 3.30. The molecule has 0 atom stereocenters. The molecule has 0 spiro atoms. The molecule has 0 aliphatic heterocycles. The van der Waals surface area contributed by atoms with Crippen molar-refractivity contribution in [2.45, 2.75) is 20.1 Å². The first kappa shape index (κ1) is 19.7. The lowest BCUT2D eigenvalue weighted by atomic mass is 10.1. The van der Waals surface area contributed by atoms with Crippen molar-refractivity contribution in [3.63, 3.8) is 0 Å². The second-order valence-electron chi connectivity index (χ2n) is 7.29. The topological polar surface area (TPSA) is 108 Å². The van der Waals surface area contributed by atoms with E-state index in [1.54, 1.807) is 12.3 Å². The highest BCUT2D eigenvalue weighted by Crippen LogP contribution is 2.26. The Hall–Kier alpha value is -4.24. The fraction of sp³-hybridized carbons (Fsp3) is 0.130. The summed E-state index contributed by atoms with van der Waals surface area (Å²) in [7, 11) is 0. The van der Waals surface area contributed by atoms with Crippen LogP contribution in [0.15, 0.2) is 76.2 Å². The minimum atomic E-state index is -0.356. The largest absolute Gasteiger partial charge is 0.457 e. The van der Waals surface area contributed by atoms with Crippen molar-refractivity contribution < 1.29 is 14.4 Å². The van der Waals surface area contributed by atoms with Crippen molar-refractivity contribution in [2.75, 3.05) is 0 Å². The summed E-state index contributed by atoms with van der Waals surface area (Å²) in [6.45, 7) is 1.72. The van der Waals surface area contributed by atoms with Crippen LogP contribution in [0, 0.1) is 6.92 Å². The average molecular weight is 429 g/mol. The van der Waals surface area contributed by atoms with E-state index < -0.39 is 0 Å². The molecule has 5 rings (SSSR count). The Kier molecular flexibility index (Phi) is 5.00. The van der Waals surface area contributed by atoms with Gasteiger partial charge >= 0.3 is 5.69 Å². The summed E-state index contributed by atoms with van der Waals surface area (Å²) in [6, 6.07) is 19.2. The maximum Gasteiger partial charge on any atom is 0.350 e. The molecule has 0 fully saturated rings. The van der Waals surface area contributed by atoms with Gasteiger partial charge in [0.25, 0.3) is 5.89 Å². The summed E-state index contributed by atoms with van der Waals surface area (Å²) in [5.41, 5.74) is 3.16. The van der Waals surface area contributed by atoms with Crippen LogP contribution >= 0.6 is 0 Å². The van der Waals surface area contributed by atoms with Crippen molar-refractivity contribution in [3.8, 4) is 22.6 Å². The molecule has 0 saturated carbocycles. The van der Waals surface area contributed by atoms with Crippen molar-refractivity contribution in [3.05, 3.63) is 94.6 Å². The zero-order chi connectivity index (χ0) is 22.1. The van der Waals surface area contributed by atoms with Gasteiger partial charge in [-0.15, -0.1) is 5.10 Å². The Morgan fingerprint density at radius 1 is 0.969 bits per heavy atom. The third-order valence-corrected chi connectivity index (χ3v) is 4.96. The summed E-state index contributed by atoms with van der Waals surface area (Å²) in [6.07, 6.45) is 1.74. The average Bonchev–Trinajstić information content (AvgIpc) is 3.40. The number of benzene rings is 2. The van der Waals surface area contributed by atoms with Gasteiger partial charge in [0.15, 0.2) is 11.5 Å². The highest BCUT2D eigenvalue weighted by atomic mass is 16.5. The molecule has 9 nitrogen and oxygen atoms in total. The predicted octanol–water partition coefficient (Wildman–Crippen LogP) is 3.19. The Bertz CT molecular complexity index is 1430. The molecule has 5 aromatic rings. The van der Waals surface area contributed by atoms with Crippen LogP contribution < -0.4 is 10.4 Å². The van der Waals surface area contributed by atoms with E-state index in [0.717, 1.165) is 22.6 Å². The standard InChI is InChI=1S/C23H19N5O4/c1-15-2-7-18(8-3-15)31-19-9-4-16(5-10-19)17-6-11-21-25-28(23(30)27(21)12-17)13-20-24-22(14-29)32-26-20/h2-12,29H,13-14H2,1H3. The second kappa shape index (κ2) is 8.12. The van der Waals surface area contributed by atoms with Crippen LogP contribution in [0.1, 0.15) is 17.3 Å². The molecule has 32 heavy (non-hydrogen) atoms. The zero-order valence-corrected chi connectivity index (χ0v) is 17.2. The molecule has 3 heterocycles. The Morgan fingerprint density at radius 3 is 2.34 bits per heavy atom. The number of pyridine rings is 1. The van der Waals surface area contributed by atoms with Crippen LogP contribution in [0.25, 0.3) is 16.8 Å². The minimum absolute atomic E-state index is 0.0460. The van der Waals surface area contributed by atoms with Gasteiger partial charge < -0.3 is 14.4 Å². The van der Waals surface area contributed by atoms with E-state index in [9.17, 15) is 4.79 Å². The zero-order valence-electron chi connectivity index (χ0n) is 17.2. The van der Waals surface area contributed by atoms with Crippen LogP contribution in [0.2, 0.25) is 0 Å². The molecular weight excluding hydrogens is 410 g/mol. The van der Waals surface area contributed by atoms with Gasteiger partial charge in [-0.2, -0.15) is 4.98 Å². The summed E-state index contributed by atoms with van der Waals surface area (Å²) >= 11 is 0. The third-order valence-electron chi connectivity index (χ3n) is 4.96. The normalized spacial score (nSPS) is 11.2. The first-order valence-corrected chi connectivity index (χ1v) is 9.95. The van der Waals surface area contributed by atoms with Crippen LogP contribution in [0.3, 0.4) is 0 Å². The molecule has 0 unspecified atom stereocenters. The van der Waals surface area contributed by atoms with E-state index in [0.29, 0.717) is 5.65 Å². The molecule has 0 aliphatic rings. The second-order valence-corrected chi connectivity index (χ2v) is 7.29. The van der Waals surface area contributed by atoms with Crippen LogP contribution in [0.4, 0.5) is 0 Å². The van der Waals surface area contributed by atoms with Gasteiger partial charge in [0.2, 0.25) is 0 Å². The summed E-state index contributed by atoms with van der Waals surface area (Å²) in [5.74, 6) is 1.86. The predicted molar refractivity (Wildman–Crippen MR) is 115 cm³/mol. The van der Waals surface area contributed by atoms with E-state index >= 15 is 0 Å². The number of aryl methyl sites for hydroxylation is 1. The number of nitrogens with zero attached hydrogens (tertiary/aromatic N) is 5. The van der Waals surface area contributed by atoms with E-state index in [-0.39, 0.29) is 30.6 Å². The number of hydrogen-bond donors (Lipinski definition) is 1. The van der Waals surface area contributed by atoms with Gasteiger partial charge in [0, 0.05) is 6.20 Å². The summed E-state index contributed by atoms with van der Waals surface area (Å²) < 4.78 is 13.5. The molecule has 0 bridgehead atoms. The smallest absolute Gasteiger partial charge is 0.350 e. The van der Waals surface area contributed by atoms with E-state index in [4.69, 9.17) is 14.4 Å². The molecule has 0 aliphatic carbocycles.